The molecule has 0 amide bonds. The molecule has 2 N–H and O–H groups in total. The first-order valence-electron chi connectivity index (χ1n) is 7.35. The second-order valence-corrected chi connectivity index (χ2v) is 4.83. The predicted octanol–water partition coefficient (Wildman–Crippen LogP) is 3.46. The summed E-state index contributed by atoms with van der Waals surface area (Å²) in [6.07, 6.45) is 2.86. The maximum absolute atomic E-state index is 5.82. The molecule has 4 heteroatoms. The van der Waals surface area contributed by atoms with E-state index < -0.39 is 0 Å². The number of aryl methyl sites for hydroxylation is 1. The highest BCUT2D eigenvalue weighted by Crippen LogP contribution is 2.22. The quantitative estimate of drug-likeness (QED) is 0.755. The number of nitrogens with zero attached hydrogens (tertiary/aromatic N) is 1. The highest BCUT2D eigenvalue weighted by atomic mass is 16.5. The number of pyridine rings is 1. The first-order chi connectivity index (χ1) is 10.3. The van der Waals surface area contributed by atoms with Crippen molar-refractivity contribution in [3.05, 3.63) is 48.0 Å². The molecular formula is C17H22N2O2. The Hall–Kier alpha value is -2.23. The second-order valence-electron chi connectivity index (χ2n) is 4.83. The molecule has 0 aliphatic heterocycles. The number of aromatic nitrogens is 1. The van der Waals surface area contributed by atoms with Gasteiger partial charge >= 0.3 is 0 Å². The fourth-order valence-electron chi connectivity index (χ4n) is 1.93. The van der Waals surface area contributed by atoms with Gasteiger partial charge in [0.05, 0.1) is 18.9 Å². The van der Waals surface area contributed by atoms with Crippen molar-refractivity contribution < 1.29 is 9.47 Å². The van der Waals surface area contributed by atoms with Crippen LogP contribution in [0, 0.1) is 0 Å². The van der Waals surface area contributed by atoms with Gasteiger partial charge in [-0.25, -0.2) is 0 Å². The third-order valence-corrected chi connectivity index (χ3v) is 3.01. The highest BCUT2D eigenvalue weighted by Gasteiger charge is 2.05. The molecule has 2 rings (SSSR count). The lowest BCUT2D eigenvalue weighted by molar-refractivity contribution is 0.278. The van der Waals surface area contributed by atoms with Crippen LogP contribution in [0.15, 0.2) is 42.5 Å². The normalized spacial score (nSPS) is 10.3. The molecule has 1 aromatic heterocycles. The van der Waals surface area contributed by atoms with Crippen LogP contribution in [0.3, 0.4) is 0 Å². The third kappa shape index (κ3) is 4.99. The highest BCUT2D eigenvalue weighted by molar-refractivity contribution is 5.49. The molecule has 112 valence electrons. The van der Waals surface area contributed by atoms with Crippen molar-refractivity contribution in [3.8, 4) is 11.8 Å². The van der Waals surface area contributed by atoms with Crippen molar-refractivity contribution >= 4 is 5.69 Å². The van der Waals surface area contributed by atoms with Crippen molar-refractivity contribution in [1.82, 2.24) is 4.98 Å². The van der Waals surface area contributed by atoms with Crippen LogP contribution in [0.25, 0.3) is 0 Å². The van der Waals surface area contributed by atoms with Gasteiger partial charge in [-0.15, -0.1) is 0 Å². The van der Waals surface area contributed by atoms with Crippen molar-refractivity contribution in [3.63, 3.8) is 0 Å². The van der Waals surface area contributed by atoms with Crippen LogP contribution in [-0.2, 0) is 6.42 Å². The van der Waals surface area contributed by atoms with E-state index in [0.717, 1.165) is 19.3 Å². The minimum atomic E-state index is 0.456. The fourth-order valence-corrected chi connectivity index (χ4v) is 1.93. The fraction of sp³-hybridized carbons (Fsp3) is 0.353. The third-order valence-electron chi connectivity index (χ3n) is 3.01. The van der Waals surface area contributed by atoms with E-state index in [2.05, 4.69) is 29.2 Å². The minimum absolute atomic E-state index is 0.456. The van der Waals surface area contributed by atoms with Crippen LogP contribution in [0.1, 0.15) is 25.3 Å². The molecule has 4 nitrogen and oxygen atoms in total. The molecule has 1 aromatic carbocycles. The molecule has 1 heterocycles. The van der Waals surface area contributed by atoms with E-state index in [1.54, 1.807) is 12.1 Å². The minimum Gasteiger partial charge on any atom is -0.478 e. The summed E-state index contributed by atoms with van der Waals surface area (Å²) >= 11 is 0. The number of rotatable bonds is 8. The number of anilines is 1. The molecule has 0 bridgehead atoms. The zero-order valence-electron chi connectivity index (χ0n) is 12.4. The summed E-state index contributed by atoms with van der Waals surface area (Å²) in [6.45, 7) is 3.27. The molecule has 21 heavy (non-hydrogen) atoms. The van der Waals surface area contributed by atoms with E-state index in [9.17, 15) is 0 Å². The molecule has 2 aromatic rings. The summed E-state index contributed by atoms with van der Waals surface area (Å²) in [6, 6.07) is 13.9. The summed E-state index contributed by atoms with van der Waals surface area (Å²) in [4.78, 5) is 4.28. The van der Waals surface area contributed by atoms with E-state index in [1.807, 2.05) is 13.0 Å². The van der Waals surface area contributed by atoms with Crippen molar-refractivity contribution in [2.75, 3.05) is 18.9 Å². The van der Waals surface area contributed by atoms with E-state index >= 15 is 0 Å². The molecule has 0 radical (unpaired) electrons. The topological polar surface area (TPSA) is 57.4 Å². The van der Waals surface area contributed by atoms with Crippen LogP contribution in [0.5, 0.6) is 11.8 Å². The largest absolute Gasteiger partial charge is 0.478 e. The van der Waals surface area contributed by atoms with Gasteiger partial charge in [-0.05, 0) is 30.9 Å². The van der Waals surface area contributed by atoms with Gasteiger partial charge in [0.15, 0.2) is 0 Å². The van der Waals surface area contributed by atoms with Gasteiger partial charge in [-0.3, -0.25) is 0 Å². The van der Waals surface area contributed by atoms with Crippen LogP contribution in [-0.4, -0.2) is 18.2 Å². The zero-order valence-corrected chi connectivity index (χ0v) is 12.4. The standard InChI is InChI=1S/C17H22N2O2/c1-2-12-21-17-15(18)10-11-16(19-17)20-13-6-9-14-7-4-3-5-8-14/h3-5,7-8,10-11H,2,6,9,12-13,18H2,1H3. The molecule has 0 saturated carbocycles. The molecule has 0 spiro atoms. The van der Waals surface area contributed by atoms with Crippen molar-refractivity contribution in [2.45, 2.75) is 26.2 Å². The summed E-state index contributed by atoms with van der Waals surface area (Å²) in [5.41, 5.74) is 7.68. The van der Waals surface area contributed by atoms with Gasteiger partial charge in [0.2, 0.25) is 11.8 Å². The van der Waals surface area contributed by atoms with E-state index in [4.69, 9.17) is 15.2 Å². The molecule has 0 saturated heterocycles. The van der Waals surface area contributed by atoms with Gasteiger partial charge < -0.3 is 15.2 Å². The number of ether oxygens (including phenoxy) is 2. The van der Waals surface area contributed by atoms with Crippen LogP contribution in [0.2, 0.25) is 0 Å². The average molecular weight is 286 g/mol. The predicted molar refractivity (Wildman–Crippen MR) is 84.7 cm³/mol. The summed E-state index contributed by atoms with van der Waals surface area (Å²) in [7, 11) is 0. The van der Waals surface area contributed by atoms with Crippen molar-refractivity contribution in [2.24, 2.45) is 0 Å². The number of benzene rings is 1. The first-order valence-corrected chi connectivity index (χ1v) is 7.35. The average Bonchev–Trinajstić information content (AvgIpc) is 2.52. The van der Waals surface area contributed by atoms with Gasteiger partial charge in [0.25, 0.3) is 0 Å². The number of nitrogens with two attached hydrogens (primary N) is 1. The summed E-state index contributed by atoms with van der Waals surface area (Å²) in [5.74, 6) is 1.01. The lowest BCUT2D eigenvalue weighted by atomic mass is 10.1. The Morgan fingerprint density at radius 3 is 2.57 bits per heavy atom. The Balaban J connectivity index is 1.80. The number of hydrogen-bond acceptors (Lipinski definition) is 4. The SMILES string of the molecule is CCCOc1nc(OCCCc2ccccc2)ccc1N. The molecule has 0 aliphatic rings. The van der Waals surface area contributed by atoms with E-state index in [-0.39, 0.29) is 0 Å². The Morgan fingerprint density at radius 2 is 1.81 bits per heavy atom. The molecule has 0 atom stereocenters. The molecule has 0 unspecified atom stereocenters. The molecule has 0 aliphatic carbocycles. The van der Waals surface area contributed by atoms with Crippen LogP contribution >= 0.6 is 0 Å². The van der Waals surface area contributed by atoms with Gasteiger partial charge in [0, 0.05) is 6.07 Å². The Kier molecular flexibility index (Phi) is 5.88. The Labute approximate surface area is 125 Å². The van der Waals surface area contributed by atoms with Crippen molar-refractivity contribution in [1.29, 1.82) is 0 Å². The van der Waals surface area contributed by atoms with Crippen LogP contribution < -0.4 is 15.2 Å². The smallest absolute Gasteiger partial charge is 0.240 e. The maximum atomic E-state index is 5.82. The first kappa shape index (κ1) is 15.2. The summed E-state index contributed by atoms with van der Waals surface area (Å²) in [5, 5.41) is 0. The van der Waals surface area contributed by atoms with E-state index in [0.29, 0.717) is 30.7 Å². The monoisotopic (exact) mass is 286 g/mol. The number of nitrogen functional groups attached to an aromatic ring is 1. The maximum Gasteiger partial charge on any atom is 0.240 e. The Morgan fingerprint density at radius 1 is 1.00 bits per heavy atom. The lowest BCUT2D eigenvalue weighted by Gasteiger charge is -2.10. The zero-order chi connectivity index (χ0) is 14.9. The second kappa shape index (κ2) is 8.15. The van der Waals surface area contributed by atoms with Crippen LogP contribution in [0.4, 0.5) is 5.69 Å². The van der Waals surface area contributed by atoms with Gasteiger partial charge in [0.1, 0.15) is 0 Å². The molecular weight excluding hydrogens is 264 g/mol. The van der Waals surface area contributed by atoms with E-state index in [1.165, 1.54) is 5.56 Å². The Bertz CT molecular complexity index is 544. The summed E-state index contributed by atoms with van der Waals surface area (Å²) < 4.78 is 11.1. The number of hydrogen-bond donors (Lipinski definition) is 1. The van der Waals surface area contributed by atoms with Gasteiger partial charge in [-0.1, -0.05) is 37.3 Å². The molecule has 0 fully saturated rings. The lowest BCUT2D eigenvalue weighted by Crippen LogP contribution is -2.05. The van der Waals surface area contributed by atoms with Gasteiger partial charge in [-0.2, -0.15) is 4.98 Å².